The van der Waals surface area contributed by atoms with Gasteiger partial charge in [0.1, 0.15) is 6.42 Å². The van der Waals surface area contributed by atoms with Crippen molar-refractivity contribution in [2.24, 2.45) is 0 Å². The van der Waals surface area contributed by atoms with Crippen LogP contribution in [0.15, 0.2) is 36.5 Å². The third-order valence-electron chi connectivity index (χ3n) is 4.25. The summed E-state index contributed by atoms with van der Waals surface area (Å²) in [6.07, 6.45) is 4.16. The fourth-order valence-corrected chi connectivity index (χ4v) is 2.96. The molecule has 1 saturated heterocycles. The summed E-state index contributed by atoms with van der Waals surface area (Å²) in [5.74, 6) is -1.55. The maximum Gasteiger partial charge on any atom is 0.311 e. The van der Waals surface area contributed by atoms with Gasteiger partial charge in [-0.25, -0.2) is 0 Å². The summed E-state index contributed by atoms with van der Waals surface area (Å²) in [5.41, 5.74) is 2.04. The SMILES string of the molecule is O=C(O)CC(=O)c1cccc(-c2ccnn2CCOC2CCCCO2)c1. The number of aliphatic carboxylic acids is 1. The van der Waals surface area contributed by atoms with Gasteiger partial charge in [0.25, 0.3) is 0 Å². The number of carbonyl (C=O) groups is 2. The second kappa shape index (κ2) is 8.73. The third kappa shape index (κ3) is 4.77. The van der Waals surface area contributed by atoms with E-state index in [4.69, 9.17) is 14.6 Å². The molecule has 26 heavy (non-hydrogen) atoms. The Labute approximate surface area is 151 Å². The molecule has 0 amide bonds. The van der Waals surface area contributed by atoms with Crippen LogP contribution >= 0.6 is 0 Å². The zero-order valence-corrected chi connectivity index (χ0v) is 14.5. The number of benzene rings is 1. The van der Waals surface area contributed by atoms with E-state index >= 15 is 0 Å². The molecule has 1 aromatic heterocycles. The van der Waals surface area contributed by atoms with Gasteiger partial charge in [-0.15, -0.1) is 0 Å². The van der Waals surface area contributed by atoms with Crippen molar-refractivity contribution in [3.8, 4) is 11.3 Å². The Balaban J connectivity index is 1.65. The van der Waals surface area contributed by atoms with E-state index in [0.29, 0.717) is 18.7 Å². The largest absolute Gasteiger partial charge is 0.481 e. The van der Waals surface area contributed by atoms with Crippen molar-refractivity contribution in [3.05, 3.63) is 42.1 Å². The molecule has 7 nitrogen and oxygen atoms in total. The molecule has 2 heterocycles. The molecule has 1 unspecified atom stereocenters. The van der Waals surface area contributed by atoms with E-state index in [2.05, 4.69) is 5.10 Å². The first kappa shape index (κ1) is 18.3. The fraction of sp³-hybridized carbons (Fsp3) is 0.421. The molecule has 3 rings (SSSR count). The predicted octanol–water partition coefficient (Wildman–Crippen LogP) is 2.75. The summed E-state index contributed by atoms with van der Waals surface area (Å²) in [6.45, 7) is 1.79. The highest BCUT2D eigenvalue weighted by atomic mass is 16.7. The zero-order valence-electron chi connectivity index (χ0n) is 14.5. The van der Waals surface area contributed by atoms with Crippen molar-refractivity contribution in [2.75, 3.05) is 13.2 Å². The van der Waals surface area contributed by atoms with Crippen LogP contribution in [0.25, 0.3) is 11.3 Å². The maximum atomic E-state index is 12.0. The van der Waals surface area contributed by atoms with E-state index in [1.807, 2.05) is 16.8 Å². The minimum absolute atomic E-state index is 0.139. The molecule has 1 fully saturated rings. The van der Waals surface area contributed by atoms with Gasteiger partial charge in [0.2, 0.25) is 0 Å². The molecule has 0 radical (unpaired) electrons. The number of carboxylic acid groups (broad SMARTS) is 1. The summed E-state index contributed by atoms with van der Waals surface area (Å²) in [4.78, 5) is 22.7. The second-order valence-electron chi connectivity index (χ2n) is 6.18. The number of carbonyl (C=O) groups excluding carboxylic acids is 1. The number of carboxylic acids is 1. The number of ketones is 1. The molecule has 0 spiro atoms. The Hall–Kier alpha value is -2.51. The quantitative estimate of drug-likeness (QED) is 0.576. The normalized spacial score (nSPS) is 17.2. The van der Waals surface area contributed by atoms with Crippen molar-refractivity contribution >= 4 is 11.8 Å². The minimum Gasteiger partial charge on any atom is -0.481 e. The summed E-state index contributed by atoms with van der Waals surface area (Å²) < 4.78 is 13.1. The standard InChI is InChI=1S/C19H22N2O5/c22-17(13-18(23)24)15-5-3-4-14(12-15)16-7-8-20-21(16)9-11-26-19-6-1-2-10-25-19/h3-5,7-8,12,19H,1-2,6,9-11,13H2,(H,23,24). The van der Waals surface area contributed by atoms with Crippen LogP contribution in [-0.2, 0) is 20.8 Å². The van der Waals surface area contributed by atoms with Crippen LogP contribution in [0.2, 0.25) is 0 Å². The minimum atomic E-state index is -1.13. The lowest BCUT2D eigenvalue weighted by Gasteiger charge is -2.22. The van der Waals surface area contributed by atoms with Crippen molar-refractivity contribution in [2.45, 2.75) is 38.5 Å². The van der Waals surface area contributed by atoms with Crippen LogP contribution in [0, 0.1) is 0 Å². The van der Waals surface area contributed by atoms with Gasteiger partial charge in [-0.05, 0) is 31.4 Å². The summed E-state index contributed by atoms with van der Waals surface area (Å²) in [6, 6.07) is 8.80. The number of aromatic nitrogens is 2. The van der Waals surface area contributed by atoms with Gasteiger partial charge in [-0.2, -0.15) is 5.10 Å². The van der Waals surface area contributed by atoms with Gasteiger partial charge < -0.3 is 14.6 Å². The Bertz CT molecular complexity index is 765. The maximum absolute atomic E-state index is 12.0. The first-order chi connectivity index (χ1) is 12.6. The molecule has 0 bridgehead atoms. The Kier molecular flexibility index (Phi) is 6.14. The van der Waals surface area contributed by atoms with E-state index in [-0.39, 0.29) is 6.29 Å². The van der Waals surface area contributed by atoms with Crippen molar-refractivity contribution in [1.82, 2.24) is 9.78 Å². The Morgan fingerprint density at radius 3 is 2.96 bits per heavy atom. The monoisotopic (exact) mass is 358 g/mol. The summed E-state index contributed by atoms with van der Waals surface area (Å²) in [7, 11) is 0. The molecule has 7 heteroatoms. The van der Waals surface area contributed by atoms with Crippen molar-refractivity contribution in [3.63, 3.8) is 0 Å². The molecule has 0 aliphatic carbocycles. The lowest BCUT2D eigenvalue weighted by atomic mass is 10.0. The van der Waals surface area contributed by atoms with Crippen LogP contribution in [0.5, 0.6) is 0 Å². The van der Waals surface area contributed by atoms with Gasteiger partial charge in [0.05, 0.1) is 18.8 Å². The van der Waals surface area contributed by atoms with Gasteiger partial charge in [0, 0.05) is 23.9 Å². The van der Waals surface area contributed by atoms with E-state index in [1.54, 1.807) is 24.4 Å². The van der Waals surface area contributed by atoms with Gasteiger partial charge >= 0.3 is 5.97 Å². The highest BCUT2D eigenvalue weighted by Crippen LogP contribution is 2.21. The second-order valence-corrected chi connectivity index (χ2v) is 6.18. The lowest BCUT2D eigenvalue weighted by molar-refractivity contribution is -0.163. The van der Waals surface area contributed by atoms with Crippen LogP contribution in [-0.4, -0.2) is 46.1 Å². The average molecular weight is 358 g/mol. The number of Topliss-reactive ketones (excluding diaryl/α,β-unsaturated/α-hetero) is 1. The fourth-order valence-electron chi connectivity index (χ4n) is 2.96. The van der Waals surface area contributed by atoms with Crippen molar-refractivity contribution in [1.29, 1.82) is 0 Å². The van der Waals surface area contributed by atoms with E-state index in [9.17, 15) is 9.59 Å². The highest BCUT2D eigenvalue weighted by molar-refractivity contribution is 6.06. The number of ether oxygens (including phenoxy) is 2. The molecule has 138 valence electrons. The third-order valence-corrected chi connectivity index (χ3v) is 4.25. The van der Waals surface area contributed by atoms with Gasteiger partial charge in [-0.3, -0.25) is 14.3 Å². The van der Waals surface area contributed by atoms with Gasteiger partial charge in [0.15, 0.2) is 12.1 Å². The highest BCUT2D eigenvalue weighted by Gasteiger charge is 2.15. The molecular formula is C19H22N2O5. The average Bonchev–Trinajstić information content (AvgIpc) is 3.11. The summed E-state index contributed by atoms with van der Waals surface area (Å²) in [5, 5.41) is 13.1. The Morgan fingerprint density at radius 1 is 1.31 bits per heavy atom. The lowest BCUT2D eigenvalue weighted by Crippen LogP contribution is -2.24. The van der Waals surface area contributed by atoms with Crippen LogP contribution in [0.4, 0.5) is 0 Å². The van der Waals surface area contributed by atoms with E-state index in [1.165, 1.54) is 0 Å². The van der Waals surface area contributed by atoms with Crippen molar-refractivity contribution < 1.29 is 24.2 Å². The molecule has 2 aromatic rings. The first-order valence-electron chi connectivity index (χ1n) is 8.74. The molecule has 1 aliphatic rings. The number of hydrogen-bond acceptors (Lipinski definition) is 5. The molecule has 1 N–H and O–H groups in total. The topological polar surface area (TPSA) is 90.7 Å². The molecule has 1 aliphatic heterocycles. The van der Waals surface area contributed by atoms with Crippen LogP contribution in [0.3, 0.4) is 0 Å². The Morgan fingerprint density at radius 2 is 2.19 bits per heavy atom. The van der Waals surface area contributed by atoms with Crippen LogP contribution in [0.1, 0.15) is 36.0 Å². The van der Waals surface area contributed by atoms with Gasteiger partial charge in [-0.1, -0.05) is 18.2 Å². The van der Waals surface area contributed by atoms with E-state index < -0.39 is 18.2 Å². The number of rotatable bonds is 8. The predicted molar refractivity (Wildman–Crippen MR) is 93.8 cm³/mol. The van der Waals surface area contributed by atoms with E-state index in [0.717, 1.165) is 37.1 Å². The number of nitrogens with zero attached hydrogens (tertiary/aromatic N) is 2. The molecule has 1 atom stereocenters. The zero-order chi connectivity index (χ0) is 18.4. The molecule has 0 saturated carbocycles. The van der Waals surface area contributed by atoms with Crippen LogP contribution < -0.4 is 0 Å². The molecule has 1 aromatic carbocycles. The number of hydrogen-bond donors (Lipinski definition) is 1. The first-order valence-corrected chi connectivity index (χ1v) is 8.74. The smallest absolute Gasteiger partial charge is 0.311 e. The molecular weight excluding hydrogens is 336 g/mol. The summed E-state index contributed by atoms with van der Waals surface area (Å²) >= 11 is 0.